The minimum absolute atomic E-state index is 0.0352. The van der Waals surface area contributed by atoms with Gasteiger partial charge < -0.3 is 20.2 Å². The van der Waals surface area contributed by atoms with E-state index < -0.39 is 5.97 Å². The Kier molecular flexibility index (Phi) is 6.45. The maximum atomic E-state index is 12.4. The maximum Gasteiger partial charge on any atom is 0.317 e. The Bertz CT molecular complexity index is 371. The third kappa shape index (κ3) is 5.19. The van der Waals surface area contributed by atoms with Crippen LogP contribution in [-0.2, 0) is 4.79 Å². The zero-order valence-corrected chi connectivity index (χ0v) is 13.8. The molecule has 0 bridgehead atoms. The Labute approximate surface area is 127 Å². The van der Waals surface area contributed by atoms with E-state index in [-0.39, 0.29) is 24.0 Å². The number of nitrogens with zero attached hydrogens (tertiary/aromatic N) is 2. The fourth-order valence-corrected chi connectivity index (χ4v) is 2.76. The molecule has 1 saturated heterocycles. The van der Waals surface area contributed by atoms with Crippen LogP contribution in [-0.4, -0.2) is 66.2 Å². The minimum Gasteiger partial charge on any atom is -0.481 e. The number of carboxylic acid groups (broad SMARTS) is 1. The Balaban J connectivity index is 2.60. The molecule has 1 aliphatic heterocycles. The molecule has 6 heteroatoms. The number of nitrogens with one attached hydrogen (secondary N) is 1. The zero-order chi connectivity index (χ0) is 16.2. The van der Waals surface area contributed by atoms with Crippen molar-refractivity contribution in [3.63, 3.8) is 0 Å². The molecule has 0 aliphatic carbocycles. The molecule has 0 radical (unpaired) electrons. The van der Waals surface area contributed by atoms with Crippen molar-refractivity contribution in [2.75, 3.05) is 27.2 Å². The van der Waals surface area contributed by atoms with Crippen molar-refractivity contribution < 1.29 is 14.7 Å². The molecule has 0 spiro atoms. The van der Waals surface area contributed by atoms with Gasteiger partial charge in [0.25, 0.3) is 0 Å². The number of carbonyl (C=O) groups excluding carboxylic acids is 1. The lowest BCUT2D eigenvalue weighted by atomic mass is 9.92. The van der Waals surface area contributed by atoms with E-state index >= 15 is 0 Å². The van der Waals surface area contributed by atoms with Gasteiger partial charge in [-0.3, -0.25) is 4.79 Å². The van der Waals surface area contributed by atoms with E-state index in [4.69, 9.17) is 5.11 Å². The topological polar surface area (TPSA) is 72.9 Å². The van der Waals surface area contributed by atoms with Crippen LogP contribution in [0.2, 0.25) is 0 Å². The second kappa shape index (κ2) is 7.64. The van der Waals surface area contributed by atoms with Crippen LogP contribution in [0.4, 0.5) is 4.79 Å². The molecule has 21 heavy (non-hydrogen) atoms. The summed E-state index contributed by atoms with van der Waals surface area (Å²) in [5.41, 5.74) is 0. The fourth-order valence-electron chi connectivity index (χ4n) is 2.76. The molecule has 3 unspecified atom stereocenters. The lowest BCUT2D eigenvalue weighted by Gasteiger charge is -2.38. The molecule has 1 heterocycles. The van der Waals surface area contributed by atoms with E-state index in [0.29, 0.717) is 25.3 Å². The molecule has 0 saturated carbocycles. The van der Waals surface area contributed by atoms with Crippen molar-refractivity contribution >= 4 is 12.0 Å². The first kappa shape index (κ1) is 17.8. The molecular weight excluding hydrogens is 270 g/mol. The second-order valence-electron chi connectivity index (χ2n) is 6.66. The van der Waals surface area contributed by atoms with Gasteiger partial charge in [-0.1, -0.05) is 13.8 Å². The molecule has 0 aromatic heterocycles. The van der Waals surface area contributed by atoms with Crippen LogP contribution >= 0.6 is 0 Å². The van der Waals surface area contributed by atoms with Crippen molar-refractivity contribution in [2.24, 2.45) is 11.8 Å². The molecule has 0 aromatic carbocycles. The number of hydrogen-bond donors (Lipinski definition) is 2. The van der Waals surface area contributed by atoms with Gasteiger partial charge in [-0.15, -0.1) is 0 Å². The number of piperidine rings is 1. The molecule has 1 fully saturated rings. The highest BCUT2D eigenvalue weighted by Gasteiger charge is 2.33. The van der Waals surface area contributed by atoms with Crippen molar-refractivity contribution in [1.29, 1.82) is 0 Å². The predicted molar refractivity (Wildman–Crippen MR) is 82.2 cm³/mol. The quantitative estimate of drug-likeness (QED) is 0.806. The van der Waals surface area contributed by atoms with E-state index in [1.54, 1.807) is 4.90 Å². The normalized spacial score (nSPS) is 24.2. The molecule has 2 amide bonds. The highest BCUT2D eigenvalue weighted by molar-refractivity contribution is 5.76. The third-order valence-corrected chi connectivity index (χ3v) is 4.16. The Morgan fingerprint density at radius 2 is 2.00 bits per heavy atom. The largest absolute Gasteiger partial charge is 0.481 e. The predicted octanol–water partition coefficient (Wildman–Crippen LogP) is 1.47. The standard InChI is InChI=1S/C15H29N3O3/c1-10(2)13(9-17(4)5)16-15(21)18-7-6-12(14(19)20)8-11(18)3/h10-13H,6-9H2,1-5H3,(H,16,21)(H,19,20). The lowest BCUT2D eigenvalue weighted by molar-refractivity contribution is -0.143. The molecule has 3 atom stereocenters. The van der Waals surface area contributed by atoms with Crippen LogP contribution in [0.5, 0.6) is 0 Å². The van der Waals surface area contributed by atoms with Crippen LogP contribution in [0.1, 0.15) is 33.6 Å². The van der Waals surface area contributed by atoms with E-state index in [1.807, 2.05) is 21.0 Å². The van der Waals surface area contributed by atoms with Crippen LogP contribution in [0, 0.1) is 11.8 Å². The van der Waals surface area contributed by atoms with Gasteiger partial charge in [0, 0.05) is 25.2 Å². The van der Waals surface area contributed by atoms with Crippen LogP contribution < -0.4 is 5.32 Å². The summed E-state index contributed by atoms with van der Waals surface area (Å²) in [7, 11) is 3.98. The van der Waals surface area contributed by atoms with Crippen molar-refractivity contribution in [3.05, 3.63) is 0 Å². The number of carbonyl (C=O) groups is 2. The Hall–Kier alpha value is -1.30. The minimum atomic E-state index is -0.755. The SMILES string of the molecule is CC(C)C(CN(C)C)NC(=O)N1CCC(C(=O)O)CC1C. The Morgan fingerprint density at radius 3 is 2.43 bits per heavy atom. The number of rotatable bonds is 5. The number of carboxylic acids is 1. The number of likely N-dealkylation sites (N-methyl/N-ethyl adjacent to an activating group) is 1. The van der Waals surface area contributed by atoms with E-state index in [2.05, 4.69) is 24.1 Å². The monoisotopic (exact) mass is 299 g/mol. The van der Waals surface area contributed by atoms with Gasteiger partial charge in [0.1, 0.15) is 0 Å². The van der Waals surface area contributed by atoms with E-state index in [1.165, 1.54) is 0 Å². The first-order valence-electron chi connectivity index (χ1n) is 7.67. The second-order valence-corrected chi connectivity index (χ2v) is 6.66. The van der Waals surface area contributed by atoms with Gasteiger partial charge >= 0.3 is 12.0 Å². The van der Waals surface area contributed by atoms with Gasteiger partial charge in [0.2, 0.25) is 0 Å². The van der Waals surface area contributed by atoms with Crippen LogP contribution in [0.15, 0.2) is 0 Å². The summed E-state index contributed by atoms with van der Waals surface area (Å²) >= 11 is 0. The highest BCUT2D eigenvalue weighted by atomic mass is 16.4. The zero-order valence-electron chi connectivity index (χ0n) is 13.8. The summed E-state index contributed by atoms with van der Waals surface area (Å²) in [5.74, 6) is -0.732. The fraction of sp³-hybridized carbons (Fsp3) is 0.867. The maximum absolute atomic E-state index is 12.4. The molecular formula is C15H29N3O3. The number of aliphatic carboxylic acids is 1. The Morgan fingerprint density at radius 1 is 1.38 bits per heavy atom. The van der Waals surface area contributed by atoms with Gasteiger partial charge in [-0.05, 0) is 39.8 Å². The molecule has 2 N–H and O–H groups in total. The average molecular weight is 299 g/mol. The van der Waals surface area contributed by atoms with E-state index in [0.717, 1.165) is 6.54 Å². The first-order valence-corrected chi connectivity index (χ1v) is 7.67. The molecule has 122 valence electrons. The number of likely N-dealkylation sites (tertiary alicyclic amines) is 1. The smallest absolute Gasteiger partial charge is 0.317 e. The summed E-state index contributed by atoms with van der Waals surface area (Å²) in [6.45, 7) is 7.41. The summed E-state index contributed by atoms with van der Waals surface area (Å²) in [5, 5.41) is 12.2. The van der Waals surface area contributed by atoms with Crippen molar-refractivity contribution in [3.8, 4) is 0 Å². The first-order chi connectivity index (χ1) is 9.72. The summed E-state index contributed by atoms with van der Waals surface area (Å²) in [6.07, 6.45) is 1.07. The molecule has 0 aromatic rings. The highest BCUT2D eigenvalue weighted by Crippen LogP contribution is 2.23. The molecule has 6 nitrogen and oxygen atoms in total. The van der Waals surface area contributed by atoms with Gasteiger partial charge in [0.15, 0.2) is 0 Å². The summed E-state index contributed by atoms with van der Waals surface area (Å²) in [6, 6.07) is -0.0178. The molecule has 1 aliphatic rings. The lowest BCUT2D eigenvalue weighted by Crippen LogP contribution is -2.55. The van der Waals surface area contributed by atoms with Crippen LogP contribution in [0.3, 0.4) is 0 Å². The van der Waals surface area contributed by atoms with Gasteiger partial charge in [-0.2, -0.15) is 0 Å². The van der Waals surface area contributed by atoms with Gasteiger partial charge in [-0.25, -0.2) is 4.79 Å². The summed E-state index contributed by atoms with van der Waals surface area (Å²) in [4.78, 5) is 27.3. The number of urea groups is 1. The third-order valence-electron chi connectivity index (χ3n) is 4.16. The number of hydrogen-bond acceptors (Lipinski definition) is 3. The van der Waals surface area contributed by atoms with Gasteiger partial charge in [0.05, 0.1) is 5.92 Å². The van der Waals surface area contributed by atoms with Crippen molar-refractivity contribution in [1.82, 2.24) is 15.1 Å². The molecule has 1 rings (SSSR count). The summed E-state index contributed by atoms with van der Waals surface area (Å²) < 4.78 is 0. The average Bonchev–Trinajstić information content (AvgIpc) is 2.36. The van der Waals surface area contributed by atoms with Crippen molar-refractivity contribution in [2.45, 2.75) is 45.7 Å². The van der Waals surface area contributed by atoms with Crippen LogP contribution in [0.25, 0.3) is 0 Å². The number of amides is 2. The van der Waals surface area contributed by atoms with E-state index in [9.17, 15) is 9.59 Å².